The number of hydrogen-bond acceptors (Lipinski definition) is 4. The molecule has 1 aromatic rings. The van der Waals surface area contributed by atoms with Crippen LogP contribution in [0.25, 0.3) is 0 Å². The van der Waals surface area contributed by atoms with Crippen LogP contribution >= 0.6 is 15.9 Å². The quantitative estimate of drug-likeness (QED) is 0.818. The SMILES string of the molecule is CNC(=O)CCNc1c(Br)cnn(CC2CCC2)c1=O. The molecule has 2 rings (SSSR count). The lowest BCUT2D eigenvalue weighted by Crippen LogP contribution is -2.31. The number of amides is 1. The number of carbonyl (C=O) groups excluding carboxylic acids is 1. The number of rotatable bonds is 6. The summed E-state index contributed by atoms with van der Waals surface area (Å²) < 4.78 is 2.14. The van der Waals surface area contributed by atoms with E-state index < -0.39 is 0 Å². The van der Waals surface area contributed by atoms with Gasteiger partial charge in [0.15, 0.2) is 0 Å². The lowest BCUT2D eigenvalue weighted by atomic mass is 9.85. The first kappa shape index (κ1) is 15.0. The summed E-state index contributed by atoms with van der Waals surface area (Å²) in [5.74, 6) is 0.512. The number of aromatic nitrogens is 2. The minimum atomic E-state index is -0.136. The predicted octanol–water partition coefficient (Wildman–Crippen LogP) is 1.35. The van der Waals surface area contributed by atoms with Gasteiger partial charge in [0, 0.05) is 26.6 Å². The van der Waals surface area contributed by atoms with Crippen LogP contribution in [0.4, 0.5) is 5.69 Å². The van der Waals surface area contributed by atoms with Gasteiger partial charge in [0.05, 0.1) is 10.7 Å². The molecular weight excluding hydrogens is 324 g/mol. The predicted molar refractivity (Wildman–Crippen MR) is 80.7 cm³/mol. The molecule has 0 radical (unpaired) electrons. The average molecular weight is 343 g/mol. The Balaban J connectivity index is 2.04. The van der Waals surface area contributed by atoms with Gasteiger partial charge in [-0.25, -0.2) is 4.68 Å². The van der Waals surface area contributed by atoms with E-state index in [1.54, 1.807) is 13.2 Å². The zero-order chi connectivity index (χ0) is 14.5. The van der Waals surface area contributed by atoms with E-state index in [4.69, 9.17) is 0 Å². The molecule has 1 aliphatic carbocycles. The first-order valence-corrected chi connectivity index (χ1v) is 7.61. The fraction of sp³-hybridized carbons (Fsp3) is 0.615. The van der Waals surface area contributed by atoms with Crippen molar-refractivity contribution < 1.29 is 4.79 Å². The van der Waals surface area contributed by atoms with Crippen LogP contribution in [0.2, 0.25) is 0 Å². The Morgan fingerprint density at radius 3 is 2.90 bits per heavy atom. The Kier molecular flexibility index (Phi) is 5.17. The molecule has 0 bridgehead atoms. The summed E-state index contributed by atoms with van der Waals surface area (Å²) in [6.07, 6.45) is 5.54. The Morgan fingerprint density at radius 2 is 2.30 bits per heavy atom. The molecule has 20 heavy (non-hydrogen) atoms. The van der Waals surface area contributed by atoms with Gasteiger partial charge in [0.1, 0.15) is 5.69 Å². The molecule has 1 fully saturated rings. The largest absolute Gasteiger partial charge is 0.379 e. The van der Waals surface area contributed by atoms with E-state index in [1.165, 1.54) is 23.9 Å². The van der Waals surface area contributed by atoms with Crippen LogP contribution in [-0.4, -0.2) is 29.3 Å². The molecular formula is C13H19BrN4O2. The van der Waals surface area contributed by atoms with Gasteiger partial charge in [0.2, 0.25) is 5.91 Å². The summed E-state index contributed by atoms with van der Waals surface area (Å²) >= 11 is 3.32. The highest BCUT2D eigenvalue weighted by Gasteiger charge is 2.20. The molecule has 0 spiro atoms. The van der Waals surface area contributed by atoms with Crippen LogP contribution in [0.1, 0.15) is 25.7 Å². The molecule has 0 atom stereocenters. The number of hydrogen-bond donors (Lipinski definition) is 2. The highest BCUT2D eigenvalue weighted by molar-refractivity contribution is 9.10. The molecule has 1 aliphatic rings. The van der Waals surface area contributed by atoms with Crippen LogP contribution in [-0.2, 0) is 11.3 Å². The second-order valence-electron chi connectivity index (χ2n) is 5.00. The second kappa shape index (κ2) is 6.88. The Hall–Kier alpha value is -1.37. The van der Waals surface area contributed by atoms with Gasteiger partial charge in [-0.2, -0.15) is 5.10 Å². The van der Waals surface area contributed by atoms with E-state index in [0.717, 1.165) is 0 Å². The lowest BCUT2D eigenvalue weighted by Gasteiger charge is -2.25. The smallest absolute Gasteiger partial charge is 0.291 e. The Morgan fingerprint density at radius 1 is 1.55 bits per heavy atom. The number of anilines is 1. The number of carbonyl (C=O) groups is 1. The standard InChI is InChI=1S/C13H19BrN4O2/c1-15-11(19)5-6-16-12-10(14)7-17-18(13(12)20)8-9-3-2-4-9/h7,9,16H,2-6,8H2,1H3,(H,15,19). The molecule has 0 aliphatic heterocycles. The summed E-state index contributed by atoms with van der Waals surface area (Å²) in [7, 11) is 1.59. The molecule has 0 aromatic carbocycles. The molecule has 6 nitrogen and oxygen atoms in total. The summed E-state index contributed by atoms with van der Waals surface area (Å²) in [6.45, 7) is 1.09. The zero-order valence-electron chi connectivity index (χ0n) is 11.5. The molecule has 1 aromatic heterocycles. The fourth-order valence-electron chi connectivity index (χ4n) is 2.10. The molecule has 1 amide bonds. The van der Waals surface area contributed by atoms with Crippen molar-refractivity contribution in [1.82, 2.24) is 15.1 Å². The summed E-state index contributed by atoms with van der Waals surface area (Å²) in [4.78, 5) is 23.5. The van der Waals surface area contributed by atoms with Gasteiger partial charge in [-0.1, -0.05) is 6.42 Å². The zero-order valence-corrected chi connectivity index (χ0v) is 13.1. The third kappa shape index (κ3) is 3.59. The molecule has 1 heterocycles. The van der Waals surface area contributed by atoms with Crippen LogP contribution in [0.3, 0.4) is 0 Å². The van der Waals surface area contributed by atoms with Gasteiger partial charge >= 0.3 is 0 Å². The van der Waals surface area contributed by atoms with Gasteiger partial charge in [-0.05, 0) is 34.7 Å². The van der Waals surface area contributed by atoms with Gasteiger partial charge in [-0.15, -0.1) is 0 Å². The van der Waals surface area contributed by atoms with Crippen molar-refractivity contribution in [2.45, 2.75) is 32.2 Å². The summed E-state index contributed by atoms with van der Waals surface area (Å²) in [5.41, 5.74) is 0.339. The maximum atomic E-state index is 12.3. The topological polar surface area (TPSA) is 76.0 Å². The summed E-state index contributed by atoms with van der Waals surface area (Å²) in [6, 6.07) is 0. The normalized spacial score (nSPS) is 14.7. The minimum absolute atomic E-state index is 0.0579. The Labute approximate surface area is 126 Å². The van der Waals surface area contributed by atoms with Crippen LogP contribution < -0.4 is 16.2 Å². The highest BCUT2D eigenvalue weighted by Crippen LogP contribution is 2.27. The maximum Gasteiger partial charge on any atom is 0.291 e. The average Bonchev–Trinajstić information content (AvgIpc) is 2.39. The van der Waals surface area contributed by atoms with Gasteiger partial charge in [-0.3, -0.25) is 9.59 Å². The van der Waals surface area contributed by atoms with E-state index in [-0.39, 0.29) is 11.5 Å². The van der Waals surface area contributed by atoms with Crippen molar-refractivity contribution in [2.75, 3.05) is 18.9 Å². The molecule has 110 valence electrons. The monoisotopic (exact) mass is 342 g/mol. The van der Waals surface area contributed by atoms with Crippen LogP contribution in [0, 0.1) is 5.92 Å². The molecule has 0 saturated heterocycles. The molecule has 1 saturated carbocycles. The van der Waals surface area contributed by atoms with Crippen molar-refractivity contribution in [2.24, 2.45) is 5.92 Å². The van der Waals surface area contributed by atoms with E-state index in [1.807, 2.05) is 0 Å². The van der Waals surface area contributed by atoms with E-state index in [2.05, 4.69) is 31.7 Å². The highest BCUT2D eigenvalue weighted by atomic mass is 79.9. The maximum absolute atomic E-state index is 12.3. The lowest BCUT2D eigenvalue weighted by molar-refractivity contribution is -0.120. The van der Waals surface area contributed by atoms with Gasteiger partial charge < -0.3 is 10.6 Å². The minimum Gasteiger partial charge on any atom is -0.379 e. The number of nitrogens with zero attached hydrogens (tertiary/aromatic N) is 2. The van der Waals surface area contributed by atoms with Crippen LogP contribution in [0.5, 0.6) is 0 Å². The Bertz CT molecular complexity index is 540. The fourth-order valence-corrected chi connectivity index (χ4v) is 2.51. The first-order valence-electron chi connectivity index (χ1n) is 6.82. The van der Waals surface area contributed by atoms with E-state index >= 15 is 0 Å². The summed E-state index contributed by atoms with van der Waals surface area (Å²) in [5, 5.41) is 9.72. The number of halogens is 1. The van der Waals surface area contributed by atoms with Crippen molar-refractivity contribution in [3.8, 4) is 0 Å². The third-order valence-corrected chi connectivity index (χ3v) is 4.19. The first-order chi connectivity index (χ1) is 9.61. The van der Waals surface area contributed by atoms with E-state index in [0.29, 0.717) is 35.6 Å². The molecule has 2 N–H and O–H groups in total. The van der Waals surface area contributed by atoms with Crippen molar-refractivity contribution in [1.29, 1.82) is 0 Å². The van der Waals surface area contributed by atoms with Gasteiger partial charge in [0.25, 0.3) is 5.56 Å². The molecule has 0 unspecified atom stereocenters. The van der Waals surface area contributed by atoms with Crippen LogP contribution in [0.15, 0.2) is 15.5 Å². The van der Waals surface area contributed by atoms with Crippen molar-refractivity contribution >= 4 is 27.5 Å². The third-order valence-electron chi connectivity index (χ3n) is 3.59. The van der Waals surface area contributed by atoms with Crippen molar-refractivity contribution in [3.63, 3.8) is 0 Å². The van der Waals surface area contributed by atoms with Crippen molar-refractivity contribution in [3.05, 3.63) is 21.0 Å². The van der Waals surface area contributed by atoms with E-state index in [9.17, 15) is 9.59 Å². The molecule has 7 heteroatoms. The number of nitrogens with one attached hydrogen (secondary N) is 2. The second-order valence-corrected chi connectivity index (χ2v) is 5.86.